The molecule has 0 aromatic heterocycles. The van der Waals surface area contributed by atoms with Crippen LogP contribution in [0.5, 0.6) is 5.75 Å². The quantitative estimate of drug-likeness (QED) is 0.440. The van der Waals surface area contributed by atoms with Crippen molar-refractivity contribution in [2.45, 2.75) is 55.5 Å². The number of Topliss-reactive ketones (excluding diaryl/α,β-unsaturated/α-hetero) is 1. The third kappa shape index (κ3) is 3.82. The van der Waals surface area contributed by atoms with Crippen molar-refractivity contribution in [1.82, 2.24) is 4.90 Å². The lowest BCUT2D eigenvalue weighted by atomic mass is 9.52. The molecular formula is C25H26F3NO4S. The second-order valence-corrected chi connectivity index (χ2v) is 11.1. The summed E-state index contributed by atoms with van der Waals surface area (Å²) in [6.45, 7) is 1.47. The third-order valence-electron chi connectivity index (χ3n) is 7.80. The van der Waals surface area contributed by atoms with Gasteiger partial charge in [0.2, 0.25) is 0 Å². The molecule has 2 bridgehead atoms. The highest BCUT2D eigenvalue weighted by molar-refractivity contribution is 7.88. The van der Waals surface area contributed by atoms with Crippen molar-refractivity contribution in [1.29, 1.82) is 0 Å². The molecule has 0 radical (unpaired) electrons. The third-order valence-corrected chi connectivity index (χ3v) is 8.78. The van der Waals surface area contributed by atoms with Gasteiger partial charge in [0.1, 0.15) is 5.75 Å². The van der Waals surface area contributed by atoms with Gasteiger partial charge in [0.25, 0.3) is 0 Å². The molecule has 5 nitrogen and oxygen atoms in total. The van der Waals surface area contributed by atoms with E-state index in [2.05, 4.69) is 21.2 Å². The molecule has 9 heteroatoms. The summed E-state index contributed by atoms with van der Waals surface area (Å²) in [5, 5.41) is 0. The monoisotopic (exact) mass is 493 g/mol. The lowest BCUT2D eigenvalue weighted by Crippen LogP contribution is -2.63. The summed E-state index contributed by atoms with van der Waals surface area (Å²) >= 11 is 0. The van der Waals surface area contributed by atoms with Gasteiger partial charge in [0.05, 0.1) is 6.04 Å². The Bertz CT molecular complexity index is 1200. The molecule has 0 amide bonds. The van der Waals surface area contributed by atoms with E-state index in [9.17, 15) is 26.4 Å². The van der Waals surface area contributed by atoms with Crippen LogP contribution in [-0.4, -0.2) is 43.7 Å². The molecular weight excluding hydrogens is 467 g/mol. The number of ketones is 1. The number of halogens is 3. The van der Waals surface area contributed by atoms with Crippen molar-refractivity contribution >= 4 is 15.9 Å². The lowest BCUT2D eigenvalue weighted by Gasteiger charge is -2.58. The van der Waals surface area contributed by atoms with Crippen LogP contribution in [0.3, 0.4) is 0 Å². The Kier molecular flexibility index (Phi) is 5.75. The number of fused-ring (bicyclic) bond motifs is 1. The highest BCUT2D eigenvalue weighted by Gasteiger charge is 2.57. The minimum absolute atomic E-state index is 0.0319. The molecule has 3 atom stereocenters. The molecule has 3 aliphatic rings. The molecule has 1 heterocycles. The maximum absolute atomic E-state index is 13.7. The molecule has 2 aliphatic carbocycles. The summed E-state index contributed by atoms with van der Waals surface area (Å²) in [7, 11) is -5.78. The number of alkyl halides is 3. The maximum Gasteiger partial charge on any atom is 0.534 e. The molecule has 0 N–H and O–H groups in total. The highest BCUT2D eigenvalue weighted by Crippen LogP contribution is 2.56. The zero-order valence-corrected chi connectivity index (χ0v) is 19.4. The van der Waals surface area contributed by atoms with Gasteiger partial charge in [-0.3, -0.25) is 9.69 Å². The first kappa shape index (κ1) is 23.4. The average Bonchev–Trinajstić information content (AvgIpc) is 2.81. The van der Waals surface area contributed by atoms with Gasteiger partial charge in [-0.25, -0.2) is 0 Å². The molecule has 182 valence electrons. The molecule has 1 saturated heterocycles. The Morgan fingerprint density at radius 2 is 1.82 bits per heavy atom. The normalized spacial score (nSPS) is 27.1. The number of rotatable bonds is 5. The molecule has 2 aromatic carbocycles. The lowest BCUT2D eigenvalue weighted by molar-refractivity contribution is -0.0500. The van der Waals surface area contributed by atoms with Gasteiger partial charge in [-0.05, 0) is 67.5 Å². The Morgan fingerprint density at radius 1 is 1.06 bits per heavy atom. The van der Waals surface area contributed by atoms with Crippen molar-refractivity contribution in [3.05, 3.63) is 65.2 Å². The van der Waals surface area contributed by atoms with E-state index in [1.54, 1.807) is 0 Å². The summed E-state index contributed by atoms with van der Waals surface area (Å²) in [6, 6.07) is 13.8. The summed E-state index contributed by atoms with van der Waals surface area (Å²) in [5.41, 5.74) is -3.53. The summed E-state index contributed by atoms with van der Waals surface area (Å²) in [5.74, 6) is -0.372. The van der Waals surface area contributed by atoms with E-state index in [1.165, 1.54) is 17.7 Å². The van der Waals surface area contributed by atoms with Crippen LogP contribution >= 0.6 is 0 Å². The minimum Gasteiger partial charge on any atom is -0.376 e. The van der Waals surface area contributed by atoms with Crippen molar-refractivity contribution in [3.8, 4) is 5.75 Å². The van der Waals surface area contributed by atoms with E-state index in [0.717, 1.165) is 51.1 Å². The van der Waals surface area contributed by atoms with E-state index in [0.29, 0.717) is 17.7 Å². The van der Waals surface area contributed by atoms with E-state index < -0.39 is 21.4 Å². The number of hydrogen-bond acceptors (Lipinski definition) is 5. The molecule has 1 aliphatic heterocycles. The first-order valence-electron chi connectivity index (χ1n) is 11.6. The van der Waals surface area contributed by atoms with E-state index in [-0.39, 0.29) is 23.2 Å². The second-order valence-electron chi connectivity index (χ2n) is 9.53. The van der Waals surface area contributed by atoms with Crippen LogP contribution in [0.2, 0.25) is 0 Å². The van der Waals surface area contributed by atoms with Gasteiger partial charge in [0.15, 0.2) is 5.78 Å². The van der Waals surface area contributed by atoms with Crippen LogP contribution in [-0.2, 0) is 22.0 Å². The van der Waals surface area contributed by atoms with Crippen LogP contribution in [0.25, 0.3) is 0 Å². The smallest absolute Gasteiger partial charge is 0.376 e. The van der Waals surface area contributed by atoms with Gasteiger partial charge >= 0.3 is 15.6 Å². The summed E-state index contributed by atoms with van der Waals surface area (Å²) in [4.78, 5) is 15.9. The highest BCUT2D eigenvalue weighted by atomic mass is 32.2. The standard InChI is InChI=1S/C25H26F3NO4S/c26-25(27,28)34(31,32)33-18-9-10-19-21(16-18)24-12-5-4-8-20(24)22(23(19)30)29(15-13-24)14-11-17-6-2-1-3-7-17/h1-3,6-7,9-10,16,20,22H,4-5,8,11-15H2/t20-,22-,24+/m0/s1. The number of carbonyl (C=O) groups is 1. The molecule has 5 rings (SSSR count). The van der Waals surface area contributed by atoms with E-state index in [4.69, 9.17) is 0 Å². The Hall–Kier alpha value is -2.39. The van der Waals surface area contributed by atoms with Crippen molar-refractivity contribution in [3.63, 3.8) is 0 Å². The summed E-state index contributed by atoms with van der Waals surface area (Å²) in [6.07, 6.45) is 5.27. The number of hydrogen-bond donors (Lipinski definition) is 0. The molecule has 0 unspecified atom stereocenters. The molecule has 34 heavy (non-hydrogen) atoms. The van der Waals surface area contributed by atoms with Crippen LogP contribution in [0.1, 0.15) is 53.6 Å². The largest absolute Gasteiger partial charge is 0.534 e. The number of benzene rings is 2. The Balaban J connectivity index is 1.49. The Morgan fingerprint density at radius 3 is 2.56 bits per heavy atom. The number of likely N-dealkylation sites (tertiary alicyclic amines) is 1. The van der Waals surface area contributed by atoms with Gasteiger partial charge in [0, 0.05) is 17.5 Å². The number of carbonyl (C=O) groups excluding carboxylic acids is 1. The Labute approximate surface area is 197 Å². The fourth-order valence-corrected chi connectivity index (χ4v) is 6.75. The molecule has 0 spiro atoms. The topological polar surface area (TPSA) is 63.7 Å². The molecule has 2 fully saturated rings. The van der Waals surface area contributed by atoms with E-state index >= 15 is 0 Å². The predicted octanol–water partition coefficient (Wildman–Crippen LogP) is 4.86. The summed E-state index contributed by atoms with van der Waals surface area (Å²) < 4.78 is 66.1. The maximum atomic E-state index is 13.7. The first-order valence-corrected chi connectivity index (χ1v) is 13.0. The van der Waals surface area contributed by atoms with Crippen LogP contribution in [0, 0.1) is 5.92 Å². The van der Waals surface area contributed by atoms with Gasteiger partial charge in [-0.15, -0.1) is 0 Å². The zero-order valence-electron chi connectivity index (χ0n) is 18.6. The van der Waals surface area contributed by atoms with Crippen molar-refractivity contribution in [2.75, 3.05) is 13.1 Å². The first-order chi connectivity index (χ1) is 16.1. The van der Waals surface area contributed by atoms with Crippen molar-refractivity contribution < 1.29 is 30.6 Å². The van der Waals surface area contributed by atoms with Gasteiger partial charge in [-0.1, -0.05) is 43.2 Å². The average molecular weight is 494 g/mol. The van der Waals surface area contributed by atoms with Gasteiger partial charge in [-0.2, -0.15) is 21.6 Å². The minimum atomic E-state index is -5.78. The zero-order chi connectivity index (χ0) is 24.1. The number of nitrogens with zero attached hydrogens (tertiary/aromatic N) is 1. The van der Waals surface area contributed by atoms with Crippen LogP contribution in [0.15, 0.2) is 48.5 Å². The molecule has 1 saturated carbocycles. The fraction of sp³-hybridized carbons (Fsp3) is 0.480. The second kappa shape index (κ2) is 8.37. The van der Waals surface area contributed by atoms with E-state index in [1.807, 2.05) is 18.2 Å². The van der Waals surface area contributed by atoms with Crippen LogP contribution < -0.4 is 4.18 Å². The van der Waals surface area contributed by atoms with Crippen LogP contribution in [0.4, 0.5) is 13.2 Å². The SMILES string of the molecule is O=C1c2ccc(OS(=O)(=O)C(F)(F)F)cc2[C@@]23CCCC[C@H]2[C@@H]1N(CCc1ccccc1)CC3. The number of piperidine rings is 1. The predicted molar refractivity (Wildman–Crippen MR) is 120 cm³/mol. The van der Waals surface area contributed by atoms with Gasteiger partial charge < -0.3 is 4.18 Å². The fourth-order valence-electron chi connectivity index (χ4n) is 6.29. The molecule has 2 aromatic rings. The van der Waals surface area contributed by atoms with Crippen molar-refractivity contribution in [2.24, 2.45) is 5.92 Å².